The van der Waals surface area contributed by atoms with E-state index in [1.54, 1.807) is 40.5 Å². The Morgan fingerprint density at radius 1 is 1.32 bits per heavy atom. The summed E-state index contributed by atoms with van der Waals surface area (Å²) < 4.78 is 5.48. The summed E-state index contributed by atoms with van der Waals surface area (Å²) in [6.45, 7) is 1.32. The molecule has 0 bridgehead atoms. The van der Waals surface area contributed by atoms with E-state index in [1.807, 2.05) is 0 Å². The number of benzene rings is 1. The number of ether oxygens (including phenoxy) is 1. The highest BCUT2D eigenvalue weighted by molar-refractivity contribution is 7.10. The summed E-state index contributed by atoms with van der Waals surface area (Å²) in [6.07, 6.45) is 0.899. The van der Waals surface area contributed by atoms with Crippen molar-refractivity contribution in [2.24, 2.45) is 5.73 Å². The number of amides is 2. The number of rotatable bonds is 4. The predicted molar refractivity (Wildman–Crippen MR) is 83.9 cm³/mol. The minimum absolute atomic E-state index is 0.0400. The van der Waals surface area contributed by atoms with Crippen LogP contribution in [-0.2, 0) is 17.8 Å². The van der Waals surface area contributed by atoms with E-state index in [-0.39, 0.29) is 12.5 Å². The van der Waals surface area contributed by atoms with Crippen molar-refractivity contribution in [1.29, 1.82) is 0 Å². The molecule has 1 aromatic carbocycles. The topological polar surface area (TPSA) is 72.6 Å². The van der Waals surface area contributed by atoms with Crippen LogP contribution in [0.15, 0.2) is 35.7 Å². The van der Waals surface area contributed by atoms with Crippen molar-refractivity contribution in [1.82, 2.24) is 4.90 Å². The molecule has 3 rings (SSSR count). The number of primary amides is 1. The van der Waals surface area contributed by atoms with Crippen LogP contribution < -0.4 is 10.5 Å². The minimum atomic E-state index is -0.516. The lowest BCUT2D eigenvalue weighted by Crippen LogP contribution is -2.38. The Bertz CT molecular complexity index is 711. The summed E-state index contributed by atoms with van der Waals surface area (Å²) in [4.78, 5) is 26.5. The number of hydrogen-bond acceptors (Lipinski definition) is 4. The highest BCUT2D eigenvalue weighted by Gasteiger charge is 2.21. The quantitative estimate of drug-likeness (QED) is 0.935. The van der Waals surface area contributed by atoms with Gasteiger partial charge in [0, 0.05) is 23.5 Å². The van der Waals surface area contributed by atoms with Gasteiger partial charge in [-0.15, -0.1) is 11.3 Å². The average Bonchev–Trinajstić information content (AvgIpc) is 3.00. The molecule has 0 spiro atoms. The zero-order valence-corrected chi connectivity index (χ0v) is 12.8. The van der Waals surface area contributed by atoms with E-state index >= 15 is 0 Å². The molecule has 2 heterocycles. The second-order valence-corrected chi connectivity index (χ2v) is 6.12. The second kappa shape index (κ2) is 6.19. The van der Waals surface area contributed by atoms with Gasteiger partial charge in [-0.1, -0.05) is 6.07 Å². The zero-order chi connectivity index (χ0) is 15.5. The molecule has 6 heteroatoms. The Morgan fingerprint density at radius 2 is 2.18 bits per heavy atom. The number of thiophene rings is 1. The number of nitrogens with two attached hydrogens (primary N) is 1. The lowest BCUT2D eigenvalue weighted by Gasteiger charge is -2.27. The summed E-state index contributed by atoms with van der Waals surface area (Å²) in [5, 5.41) is 2.06. The Hall–Kier alpha value is -2.34. The van der Waals surface area contributed by atoms with Gasteiger partial charge in [0.25, 0.3) is 5.91 Å². The zero-order valence-electron chi connectivity index (χ0n) is 12.0. The molecule has 0 aliphatic carbocycles. The third-order valence-electron chi connectivity index (χ3n) is 3.64. The number of carbonyl (C=O) groups is 2. The lowest BCUT2D eigenvalue weighted by atomic mass is 10.1. The maximum absolute atomic E-state index is 12.2. The molecule has 1 aliphatic heterocycles. The third kappa shape index (κ3) is 3.12. The molecule has 0 saturated carbocycles. The van der Waals surface area contributed by atoms with Crippen molar-refractivity contribution < 1.29 is 14.3 Å². The van der Waals surface area contributed by atoms with Crippen molar-refractivity contribution in [2.45, 2.75) is 13.0 Å². The van der Waals surface area contributed by atoms with Crippen LogP contribution in [0.5, 0.6) is 5.75 Å². The van der Waals surface area contributed by atoms with Gasteiger partial charge >= 0.3 is 0 Å². The summed E-state index contributed by atoms with van der Waals surface area (Å²) >= 11 is 1.74. The fourth-order valence-electron chi connectivity index (χ4n) is 2.44. The van der Waals surface area contributed by atoms with Crippen LogP contribution >= 0.6 is 11.3 Å². The average molecular weight is 316 g/mol. The van der Waals surface area contributed by atoms with Gasteiger partial charge in [-0.05, 0) is 41.6 Å². The second-order valence-electron chi connectivity index (χ2n) is 5.12. The first-order chi connectivity index (χ1) is 10.6. The highest BCUT2D eigenvalue weighted by Crippen LogP contribution is 2.24. The maximum Gasteiger partial charge on any atom is 0.260 e. The smallest absolute Gasteiger partial charge is 0.260 e. The first kappa shape index (κ1) is 14.6. The Balaban J connectivity index is 1.59. The van der Waals surface area contributed by atoms with Gasteiger partial charge < -0.3 is 15.4 Å². The summed E-state index contributed by atoms with van der Waals surface area (Å²) in [7, 11) is 0. The van der Waals surface area contributed by atoms with Gasteiger partial charge in [-0.2, -0.15) is 0 Å². The standard InChI is InChI=1S/C16H16N2O3S/c17-16(20)11-2-1-3-13(8-11)21-10-15(19)18-6-4-14-12(9-18)5-7-22-14/h1-3,5,7-8H,4,6,9-10H2,(H2,17,20). The molecule has 1 aliphatic rings. The monoisotopic (exact) mass is 316 g/mol. The van der Waals surface area contributed by atoms with Crippen molar-refractivity contribution in [3.8, 4) is 5.75 Å². The van der Waals surface area contributed by atoms with Gasteiger partial charge in [0.1, 0.15) is 5.75 Å². The fraction of sp³-hybridized carbons (Fsp3) is 0.250. The van der Waals surface area contributed by atoms with E-state index < -0.39 is 5.91 Å². The normalized spacial score (nSPS) is 13.5. The molecule has 0 radical (unpaired) electrons. The van der Waals surface area contributed by atoms with E-state index in [0.717, 1.165) is 13.0 Å². The van der Waals surface area contributed by atoms with E-state index in [9.17, 15) is 9.59 Å². The van der Waals surface area contributed by atoms with E-state index in [1.165, 1.54) is 10.4 Å². The van der Waals surface area contributed by atoms with Crippen molar-refractivity contribution in [3.63, 3.8) is 0 Å². The summed E-state index contributed by atoms with van der Waals surface area (Å²) in [6, 6.07) is 8.60. The molecule has 22 heavy (non-hydrogen) atoms. The number of hydrogen-bond donors (Lipinski definition) is 1. The molecule has 114 valence electrons. The van der Waals surface area contributed by atoms with E-state index in [0.29, 0.717) is 17.9 Å². The van der Waals surface area contributed by atoms with E-state index in [2.05, 4.69) is 11.4 Å². The molecule has 5 nitrogen and oxygen atoms in total. The van der Waals surface area contributed by atoms with E-state index in [4.69, 9.17) is 10.5 Å². The lowest BCUT2D eigenvalue weighted by molar-refractivity contribution is -0.134. The maximum atomic E-state index is 12.2. The molecule has 0 unspecified atom stereocenters. The molecule has 0 atom stereocenters. The predicted octanol–water partition coefficient (Wildman–Crippen LogP) is 1.81. The van der Waals surface area contributed by atoms with Crippen LogP contribution in [0.2, 0.25) is 0 Å². The minimum Gasteiger partial charge on any atom is -0.484 e. The summed E-state index contributed by atoms with van der Waals surface area (Å²) in [5.74, 6) is -0.1000. The third-order valence-corrected chi connectivity index (χ3v) is 4.66. The van der Waals surface area contributed by atoms with Gasteiger partial charge in [-0.3, -0.25) is 9.59 Å². The Labute approximate surface area is 132 Å². The van der Waals surface area contributed by atoms with Gasteiger partial charge in [0.05, 0.1) is 0 Å². The van der Waals surface area contributed by atoms with Crippen molar-refractivity contribution in [3.05, 3.63) is 51.7 Å². The van der Waals surface area contributed by atoms with Crippen LogP contribution in [0.1, 0.15) is 20.8 Å². The molecular weight excluding hydrogens is 300 g/mol. The van der Waals surface area contributed by atoms with Crippen molar-refractivity contribution >= 4 is 23.2 Å². The van der Waals surface area contributed by atoms with Crippen LogP contribution in [0, 0.1) is 0 Å². The van der Waals surface area contributed by atoms with Crippen LogP contribution in [0.4, 0.5) is 0 Å². The van der Waals surface area contributed by atoms with Crippen LogP contribution in [0.25, 0.3) is 0 Å². The molecule has 0 fully saturated rings. The van der Waals surface area contributed by atoms with Gasteiger partial charge in [0.2, 0.25) is 5.91 Å². The van der Waals surface area contributed by atoms with Gasteiger partial charge in [0.15, 0.2) is 6.61 Å². The fourth-order valence-corrected chi connectivity index (χ4v) is 3.33. The Kier molecular flexibility index (Phi) is 4.11. The first-order valence-corrected chi connectivity index (χ1v) is 7.87. The molecule has 2 aromatic rings. The number of nitrogens with zero attached hydrogens (tertiary/aromatic N) is 1. The molecule has 2 N–H and O–H groups in total. The van der Waals surface area contributed by atoms with Gasteiger partial charge in [-0.25, -0.2) is 0 Å². The molecule has 1 aromatic heterocycles. The van der Waals surface area contributed by atoms with Crippen LogP contribution in [-0.4, -0.2) is 29.9 Å². The van der Waals surface area contributed by atoms with Crippen LogP contribution in [0.3, 0.4) is 0 Å². The highest BCUT2D eigenvalue weighted by atomic mass is 32.1. The first-order valence-electron chi connectivity index (χ1n) is 6.99. The number of carbonyl (C=O) groups excluding carboxylic acids is 2. The number of fused-ring (bicyclic) bond motifs is 1. The summed E-state index contributed by atoms with van der Waals surface area (Å²) in [5.41, 5.74) is 6.81. The molecule has 0 saturated heterocycles. The Morgan fingerprint density at radius 3 is 3.00 bits per heavy atom. The largest absolute Gasteiger partial charge is 0.484 e. The van der Waals surface area contributed by atoms with Crippen molar-refractivity contribution in [2.75, 3.05) is 13.2 Å². The SMILES string of the molecule is NC(=O)c1cccc(OCC(=O)N2CCc3sccc3C2)c1. The molecular formula is C16H16N2O3S. The molecule has 2 amide bonds.